The minimum absolute atomic E-state index is 0.0847. The number of hydrogen-bond donors (Lipinski definition) is 0. The van der Waals surface area contributed by atoms with Crippen molar-refractivity contribution in [2.45, 2.75) is 6.61 Å². The van der Waals surface area contributed by atoms with E-state index in [9.17, 15) is 4.79 Å². The SMILES string of the molecule is COc1cc(OC)cc(C(=O)OCc2ccccc2Oc2ccccc2)c1. The summed E-state index contributed by atoms with van der Waals surface area (Å²) in [5.41, 5.74) is 1.12. The summed E-state index contributed by atoms with van der Waals surface area (Å²) in [7, 11) is 3.06. The Kier molecular flexibility index (Phi) is 5.94. The molecule has 3 aromatic carbocycles. The molecule has 3 rings (SSSR count). The fourth-order valence-corrected chi connectivity index (χ4v) is 2.49. The molecule has 0 fully saturated rings. The van der Waals surface area contributed by atoms with E-state index in [1.165, 1.54) is 14.2 Å². The van der Waals surface area contributed by atoms with Crippen molar-refractivity contribution in [2.24, 2.45) is 0 Å². The minimum atomic E-state index is -0.471. The van der Waals surface area contributed by atoms with E-state index in [2.05, 4.69) is 0 Å². The third-order valence-electron chi connectivity index (χ3n) is 3.89. The smallest absolute Gasteiger partial charge is 0.338 e. The van der Waals surface area contributed by atoms with Crippen LogP contribution in [0.5, 0.6) is 23.0 Å². The molecule has 0 aromatic heterocycles. The summed E-state index contributed by atoms with van der Waals surface area (Å²) in [6, 6.07) is 21.8. The molecule has 3 aromatic rings. The molecule has 27 heavy (non-hydrogen) atoms. The predicted octanol–water partition coefficient (Wildman–Crippen LogP) is 4.85. The van der Waals surface area contributed by atoms with Crippen molar-refractivity contribution in [3.63, 3.8) is 0 Å². The molecule has 0 aliphatic carbocycles. The largest absolute Gasteiger partial charge is 0.497 e. The van der Waals surface area contributed by atoms with Gasteiger partial charge in [0.2, 0.25) is 0 Å². The van der Waals surface area contributed by atoms with Crippen molar-refractivity contribution < 1.29 is 23.7 Å². The molecule has 0 spiro atoms. The number of methoxy groups -OCH3 is 2. The highest BCUT2D eigenvalue weighted by Crippen LogP contribution is 2.27. The molecular weight excluding hydrogens is 344 g/mol. The van der Waals surface area contributed by atoms with Crippen LogP contribution in [0.3, 0.4) is 0 Å². The Morgan fingerprint density at radius 2 is 1.41 bits per heavy atom. The van der Waals surface area contributed by atoms with Gasteiger partial charge in [-0.05, 0) is 30.3 Å². The highest BCUT2D eigenvalue weighted by atomic mass is 16.5. The van der Waals surface area contributed by atoms with E-state index in [1.54, 1.807) is 18.2 Å². The van der Waals surface area contributed by atoms with E-state index in [1.807, 2.05) is 54.6 Å². The number of rotatable bonds is 7. The first-order valence-corrected chi connectivity index (χ1v) is 8.40. The third kappa shape index (κ3) is 4.79. The zero-order chi connectivity index (χ0) is 19.1. The molecule has 0 unspecified atom stereocenters. The van der Waals surface area contributed by atoms with Gasteiger partial charge >= 0.3 is 5.97 Å². The number of para-hydroxylation sites is 2. The Balaban J connectivity index is 1.73. The van der Waals surface area contributed by atoms with Crippen LogP contribution in [0, 0.1) is 0 Å². The fraction of sp³-hybridized carbons (Fsp3) is 0.136. The lowest BCUT2D eigenvalue weighted by atomic mass is 10.2. The molecule has 0 saturated carbocycles. The maximum atomic E-state index is 12.4. The molecule has 0 aliphatic rings. The molecule has 5 nitrogen and oxygen atoms in total. The van der Waals surface area contributed by atoms with E-state index in [4.69, 9.17) is 18.9 Å². The van der Waals surface area contributed by atoms with Gasteiger partial charge in [-0.3, -0.25) is 0 Å². The van der Waals surface area contributed by atoms with Crippen LogP contribution in [0.4, 0.5) is 0 Å². The predicted molar refractivity (Wildman–Crippen MR) is 102 cm³/mol. The molecule has 0 N–H and O–H groups in total. The maximum Gasteiger partial charge on any atom is 0.338 e. The Hall–Kier alpha value is -3.47. The highest BCUT2D eigenvalue weighted by Gasteiger charge is 2.13. The topological polar surface area (TPSA) is 54.0 Å². The number of hydrogen-bond acceptors (Lipinski definition) is 5. The van der Waals surface area contributed by atoms with Gasteiger partial charge in [-0.15, -0.1) is 0 Å². The first-order valence-electron chi connectivity index (χ1n) is 8.40. The van der Waals surface area contributed by atoms with E-state index in [0.29, 0.717) is 28.6 Å². The van der Waals surface area contributed by atoms with Crippen LogP contribution < -0.4 is 14.2 Å². The molecule has 0 heterocycles. The zero-order valence-corrected chi connectivity index (χ0v) is 15.2. The molecule has 0 atom stereocenters. The van der Waals surface area contributed by atoms with Crippen LogP contribution in [0.2, 0.25) is 0 Å². The average Bonchev–Trinajstić information content (AvgIpc) is 2.73. The van der Waals surface area contributed by atoms with Gasteiger partial charge < -0.3 is 18.9 Å². The Bertz CT molecular complexity index is 883. The second kappa shape index (κ2) is 8.76. The van der Waals surface area contributed by atoms with E-state index in [-0.39, 0.29) is 6.61 Å². The van der Waals surface area contributed by atoms with Crippen LogP contribution in [0.1, 0.15) is 15.9 Å². The molecule has 0 radical (unpaired) electrons. The molecule has 5 heteroatoms. The van der Waals surface area contributed by atoms with Gasteiger partial charge in [0.1, 0.15) is 29.6 Å². The number of benzene rings is 3. The van der Waals surface area contributed by atoms with Gasteiger partial charge in [0, 0.05) is 11.6 Å². The van der Waals surface area contributed by atoms with E-state index >= 15 is 0 Å². The molecule has 0 bridgehead atoms. The fourth-order valence-electron chi connectivity index (χ4n) is 2.49. The quantitative estimate of drug-likeness (QED) is 0.561. The normalized spacial score (nSPS) is 10.1. The summed E-state index contributed by atoms with van der Waals surface area (Å²) < 4.78 is 21.7. The summed E-state index contributed by atoms with van der Waals surface area (Å²) in [6.45, 7) is 0.0847. The molecule has 138 valence electrons. The summed E-state index contributed by atoms with van der Waals surface area (Å²) in [5.74, 6) is 1.93. The van der Waals surface area contributed by atoms with Gasteiger partial charge in [-0.2, -0.15) is 0 Å². The van der Waals surface area contributed by atoms with Crippen LogP contribution in [-0.2, 0) is 11.3 Å². The maximum absolute atomic E-state index is 12.4. The van der Waals surface area contributed by atoms with Crippen molar-refractivity contribution in [1.29, 1.82) is 0 Å². The van der Waals surface area contributed by atoms with Gasteiger partial charge in [0.15, 0.2) is 0 Å². The number of esters is 1. The minimum Gasteiger partial charge on any atom is -0.497 e. The van der Waals surface area contributed by atoms with Crippen molar-refractivity contribution >= 4 is 5.97 Å². The Morgan fingerprint density at radius 3 is 2.07 bits per heavy atom. The first-order chi connectivity index (χ1) is 13.2. The lowest BCUT2D eigenvalue weighted by Gasteiger charge is -2.12. The standard InChI is InChI=1S/C22H20O5/c1-24-19-12-17(13-20(14-19)25-2)22(23)26-15-16-8-6-7-11-21(16)27-18-9-4-3-5-10-18/h3-14H,15H2,1-2H3. The van der Waals surface area contributed by atoms with Gasteiger partial charge in [-0.1, -0.05) is 36.4 Å². The Labute approximate surface area is 158 Å². The van der Waals surface area contributed by atoms with E-state index < -0.39 is 5.97 Å². The van der Waals surface area contributed by atoms with Crippen molar-refractivity contribution in [2.75, 3.05) is 14.2 Å². The van der Waals surface area contributed by atoms with Crippen molar-refractivity contribution in [3.8, 4) is 23.0 Å². The van der Waals surface area contributed by atoms with Crippen molar-refractivity contribution in [3.05, 3.63) is 83.9 Å². The van der Waals surface area contributed by atoms with Gasteiger partial charge in [0.25, 0.3) is 0 Å². The average molecular weight is 364 g/mol. The summed E-state index contributed by atoms with van der Waals surface area (Å²) in [6.07, 6.45) is 0. The number of carbonyl (C=O) groups is 1. The monoisotopic (exact) mass is 364 g/mol. The summed E-state index contributed by atoms with van der Waals surface area (Å²) in [4.78, 5) is 12.4. The number of ether oxygens (including phenoxy) is 4. The zero-order valence-electron chi connectivity index (χ0n) is 15.2. The van der Waals surface area contributed by atoms with Gasteiger partial charge in [0.05, 0.1) is 19.8 Å². The third-order valence-corrected chi connectivity index (χ3v) is 3.89. The molecule has 0 amide bonds. The van der Waals surface area contributed by atoms with E-state index in [0.717, 1.165) is 5.56 Å². The molecular formula is C22H20O5. The number of carbonyl (C=O) groups excluding carboxylic acids is 1. The first kappa shape index (κ1) is 18.3. The second-order valence-electron chi connectivity index (χ2n) is 5.70. The highest BCUT2D eigenvalue weighted by molar-refractivity contribution is 5.90. The van der Waals surface area contributed by atoms with Gasteiger partial charge in [-0.25, -0.2) is 4.79 Å². The van der Waals surface area contributed by atoms with Crippen molar-refractivity contribution in [1.82, 2.24) is 0 Å². The second-order valence-corrected chi connectivity index (χ2v) is 5.70. The van der Waals surface area contributed by atoms with Crippen LogP contribution in [0.15, 0.2) is 72.8 Å². The van der Waals surface area contributed by atoms with Crippen LogP contribution >= 0.6 is 0 Å². The Morgan fingerprint density at radius 1 is 0.778 bits per heavy atom. The lowest BCUT2D eigenvalue weighted by molar-refractivity contribution is 0.0470. The van der Waals surface area contributed by atoms with Crippen LogP contribution in [0.25, 0.3) is 0 Å². The molecule has 0 aliphatic heterocycles. The van der Waals surface area contributed by atoms with Crippen LogP contribution in [-0.4, -0.2) is 20.2 Å². The summed E-state index contributed by atoms with van der Waals surface area (Å²) in [5, 5.41) is 0. The molecule has 0 saturated heterocycles. The summed E-state index contributed by atoms with van der Waals surface area (Å²) >= 11 is 0. The lowest BCUT2D eigenvalue weighted by Crippen LogP contribution is -2.06.